The molecule has 2 aromatic rings. The van der Waals surface area contributed by atoms with E-state index >= 15 is 0 Å². The summed E-state index contributed by atoms with van der Waals surface area (Å²) in [7, 11) is 0. The van der Waals surface area contributed by atoms with Crippen LogP contribution in [0, 0.1) is 0 Å². The van der Waals surface area contributed by atoms with Gasteiger partial charge in [-0.3, -0.25) is 10.1 Å². The van der Waals surface area contributed by atoms with Crippen molar-refractivity contribution in [3.05, 3.63) is 47.3 Å². The Morgan fingerprint density at radius 1 is 1.24 bits per heavy atom. The Balaban J connectivity index is 1.84. The summed E-state index contributed by atoms with van der Waals surface area (Å²) in [6, 6.07) is 8.51. The van der Waals surface area contributed by atoms with Crippen molar-refractivity contribution >= 4 is 17.9 Å². The number of nitrogens with one attached hydrogen (secondary N) is 1. The minimum Gasteiger partial charge on any atom is -0.448 e. The molecular formula is C17H18N4O4. The molecule has 1 aliphatic rings. The van der Waals surface area contributed by atoms with Gasteiger partial charge < -0.3 is 10.5 Å². The number of ether oxygens (including phenoxy) is 1. The number of carbonyl (C=O) groups is 3. The van der Waals surface area contributed by atoms with Crippen molar-refractivity contribution in [1.29, 1.82) is 0 Å². The first-order valence-corrected chi connectivity index (χ1v) is 7.95. The minimum absolute atomic E-state index is 0.204. The van der Waals surface area contributed by atoms with E-state index in [1.54, 1.807) is 4.68 Å². The fourth-order valence-electron chi connectivity index (χ4n) is 2.88. The quantitative estimate of drug-likeness (QED) is 0.807. The van der Waals surface area contributed by atoms with Crippen molar-refractivity contribution in [3.8, 4) is 5.69 Å². The fourth-order valence-corrected chi connectivity index (χ4v) is 2.88. The summed E-state index contributed by atoms with van der Waals surface area (Å²) < 4.78 is 6.88. The number of urea groups is 1. The Hall–Kier alpha value is -3.16. The molecule has 1 heterocycles. The van der Waals surface area contributed by atoms with E-state index < -0.39 is 24.0 Å². The number of aromatic nitrogens is 2. The van der Waals surface area contributed by atoms with E-state index in [4.69, 9.17) is 10.5 Å². The average Bonchev–Trinajstić information content (AvgIpc) is 3.17. The van der Waals surface area contributed by atoms with E-state index in [0.717, 1.165) is 36.2 Å². The zero-order valence-corrected chi connectivity index (χ0v) is 13.7. The lowest BCUT2D eigenvalue weighted by molar-refractivity contribution is -0.127. The molecule has 130 valence electrons. The van der Waals surface area contributed by atoms with Gasteiger partial charge in [0.15, 0.2) is 11.8 Å². The van der Waals surface area contributed by atoms with Crippen LogP contribution in [0.1, 0.15) is 35.1 Å². The minimum atomic E-state index is -1.15. The number of carbonyl (C=O) groups excluding carboxylic acids is 3. The molecule has 0 bridgehead atoms. The van der Waals surface area contributed by atoms with Crippen molar-refractivity contribution in [1.82, 2.24) is 15.1 Å². The first kappa shape index (κ1) is 16.7. The van der Waals surface area contributed by atoms with Crippen LogP contribution in [0.15, 0.2) is 30.3 Å². The molecule has 0 aliphatic heterocycles. The van der Waals surface area contributed by atoms with Gasteiger partial charge in [0.1, 0.15) is 0 Å². The molecule has 1 unspecified atom stereocenters. The second kappa shape index (κ2) is 6.76. The van der Waals surface area contributed by atoms with Crippen LogP contribution in [0.3, 0.4) is 0 Å². The standard InChI is InChI=1S/C17H18N4O4/c1-10(15(22)19-17(18)24)25-16(23)14-12-8-5-9-13(12)21(20-14)11-6-3-2-4-7-11/h2-4,6-7,10H,5,8-9H2,1H3,(H3,18,19,22,24). The van der Waals surface area contributed by atoms with Crippen LogP contribution in [-0.2, 0) is 22.4 Å². The Labute approximate surface area is 143 Å². The lowest BCUT2D eigenvalue weighted by Crippen LogP contribution is -2.42. The molecule has 0 fully saturated rings. The third-order valence-electron chi connectivity index (χ3n) is 4.02. The van der Waals surface area contributed by atoms with Crippen molar-refractivity contribution in [2.24, 2.45) is 5.73 Å². The number of esters is 1. The molecule has 0 spiro atoms. The van der Waals surface area contributed by atoms with E-state index in [1.165, 1.54) is 6.92 Å². The predicted octanol–water partition coefficient (Wildman–Crippen LogP) is 1.10. The molecule has 3 rings (SSSR count). The number of para-hydroxylation sites is 1. The smallest absolute Gasteiger partial charge is 0.359 e. The maximum Gasteiger partial charge on any atom is 0.359 e. The summed E-state index contributed by atoms with van der Waals surface area (Å²) in [5.74, 6) is -1.47. The Morgan fingerprint density at radius 3 is 2.64 bits per heavy atom. The highest BCUT2D eigenvalue weighted by molar-refractivity contribution is 5.98. The number of fused-ring (bicyclic) bond motifs is 1. The van der Waals surface area contributed by atoms with Gasteiger partial charge in [0.25, 0.3) is 5.91 Å². The lowest BCUT2D eigenvalue weighted by atomic mass is 10.2. The van der Waals surface area contributed by atoms with Crippen LogP contribution in [0.25, 0.3) is 5.69 Å². The highest BCUT2D eigenvalue weighted by Crippen LogP contribution is 2.28. The summed E-state index contributed by atoms with van der Waals surface area (Å²) in [6.07, 6.45) is 1.33. The number of nitrogens with zero attached hydrogens (tertiary/aromatic N) is 2. The van der Waals surface area contributed by atoms with E-state index in [0.29, 0.717) is 0 Å². The van der Waals surface area contributed by atoms with Gasteiger partial charge >= 0.3 is 12.0 Å². The third kappa shape index (κ3) is 3.37. The molecule has 1 aromatic carbocycles. The van der Waals surface area contributed by atoms with E-state index in [1.807, 2.05) is 35.6 Å². The Morgan fingerprint density at radius 2 is 1.96 bits per heavy atom. The van der Waals surface area contributed by atoms with Gasteiger partial charge in [-0.15, -0.1) is 0 Å². The molecule has 8 heteroatoms. The van der Waals surface area contributed by atoms with Gasteiger partial charge in [-0.1, -0.05) is 18.2 Å². The topological polar surface area (TPSA) is 116 Å². The molecule has 1 aliphatic carbocycles. The number of hydrogen-bond donors (Lipinski definition) is 2. The Kier molecular flexibility index (Phi) is 4.51. The largest absolute Gasteiger partial charge is 0.448 e. The maximum atomic E-state index is 12.5. The molecule has 0 saturated heterocycles. The highest BCUT2D eigenvalue weighted by atomic mass is 16.5. The molecule has 3 N–H and O–H groups in total. The van der Waals surface area contributed by atoms with Crippen LogP contribution in [0.2, 0.25) is 0 Å². The first-order chi connectivity index (χ1) is 12.0. The summed E-state index contributed by atoms with van der Waals surface area (Å²) >= 11 is 0. The summed E-state index contributed by atoms with van der Waals surface area (Å²) in [5, 5.41) is 6.27. The molecule has 25 heavy (non-hydrogen) atoms. The molecule has 8 nitrogen and oxygen atoms in total. The number of nitrogens with two attached hydrogens (primary N) is 1. The van der Waals surface area contributed by atoms with Gasteiger partial charge in [0.05, 0.1) is 5.69 Å². The number of rotatable bonds is 4. The van der Waals surface area contributed by atoms with Gasteiger partial charge in [0, 0.05) is 11.3 Å². The lowest BCUT2D eigenvalue weighted by Gasteiger charge is -2.11. The van der Waals surface area contributed by atoms with E-state index in [9.17, 15) is 14.4 Å². The van der Waals surface area contributed by atoms with Crippen LogP contribution < -0.4 is 11.1 Å². The summed E-state index contributed by atoms with van der Waals surface area (Å²) in [6.45, 7) is 1.37. The first-order valence-electron chi connectivity index (χ1n) is 7.95. The number of imide groups is 1. The van der Waals surface area contributed by atoms with Crippen LogP contribution in [0.5, 0.6) is 0 Å². The van der Waals surface area contributed by atoms with Crippen LogP contribution in [-0.4, -0.2) is 33.8 Å². The van der Waals surface area contributed by atoms with Crippen molar-refractivity contribution in [2.45, 2.75) is 32.3 Å². The second-order valence-electron chi connectivity index (χ2n) is 5.78. The normalized spacial score (nSPS) is 13.8. The van der Waals surface area contributed by atoms with Gasteiger partial charge in [-0.25, -0.2) is 14.3 Å². The highest BCUT2D eigenvalue weighted by Gasteiger charge is 2.29. The predicted molar refractivity (Wildman–Crippen MR) is 88.2 cm³/mol. The molecular weight excluding hydrogens is 324 g/mol. The van der Waals surface area contributed by atoms with Crippen LogP contribution in [0.4, 0.5) is 4.79 Å². The zero-order valence-electron chi connectivity index (χ0n) is 13.7. The van der Waals surface area contributed by atoms with Gasteiger partial charge in [0.2, 0.25) is 0 Å². The fraction of sp³-hybridized carbons (Fsp3) is 0.294. The number of amides is 3. The van der Waals surface area contributed by atoms with E-state index in [2.05, 4.69) is 5.10 Å². The van der Waals surface area contributed by atoms with Crippen molar-refractivity contribution in [3.63, 3.8) is 0 Å². The number of hydrogen-bond acceptors (Lipinski definition) is 5. The summed E-state index contributed by atoms with van der Waals surface area (Å²) in [4.78, 5) is 34.8. The van der Waals surface area contributed by atoms with E-state index in [-0.39, 0.29) is 5.69 Å². The zero-order chi connectivity index (χ0) is 18.0. The summed E-state index contributed by atoms with van der Waals surface area (Å²) in [5.41, 5.74) is 7.77. The number of benzene rings is 1. The molecule has 1 atom stereocenters. The van der Waals surface area contributed by atoms with Crippen molar-refractivity contribution < 1.29 is 19.1 Å². The second-order valence-corrected chi connectivity index (χ2v) is 5.78. The SMILES string of the molecule is CC(OC(=O)c1nn(-c2ccccc2)c2c1CCC2)C(=O)NC(N)=O. The molecule has 3 amide bonds. The molecule has 1 aromatic heterocycles. The molecule has 0 radical (unpaired) electrons. The monoisotopic (exact) mass is 342 g/mol. The molecule has 0 saturated carbocycles. The Bertz CT molecular complexity index is 829. The van der Waals surface area contributed by atoms with Gasteiger partial charge in [-0.05, 0) is 38.3 Å². The van der Waals surface area contributed by atoms with Crippen molar-refractivity contribution in [2.75, 3.05) is 0 Å². The number of primary amides is 1. The maximum absolute atomic E-state index is 12.5. The van der Waals surface area contributed by atoms with Crippen LogP contribution >= 0.6 is 0 Å². The average molecular weight is 342 g/mol. The third-order valence-corrected chi connectivity index (χ3v) is 4.02. The van der Waals surface area contributed by atoms with Gasteiger partial charge in [-0.2, -0.15) is 5.10 Å².